The molecule has 150 valence electrons. The first-order chi connectivity index (χ1) is 13.9. The Morgan fingerprint density at radius 2 is 1.83 bits per heavy atom. The molecule has 3 aromatic rings. The standard InChI is InChI=1S/C20H16F2N2O3S2/c1-13(25)24(16-5-3-2-4-6-16)20-23-15(12-28-20)11-27-18(26)14-7-9-17(10-8-14)29-19(21)22/h2-10,12,19H,11H2,1H3. The molecule has 3 rings (SSSR count). The van der Waals surface area contributed by atoms with Crippen LogP contribution in [0.25, 0.3) is 0 Å². The van der Waals surface area contributed by atoms with Crippen molar-refractivity contribution >= 4 is 45.8 Å². The van der Waals surface area contributed by atoms with Crippen molar-refractivity contribution in [2.45, 2.75) is 24.2 Å². The Morgan fingerprint density at radius 3 is 2.45 bits per heavy atom. The molecule has 0 N–H and O–H groups in total. The van der Waals surface area contributed by atoms with Crippen LogP contribution in [0.5, 0.6) is 0 Å². The minimum atomic E-state index is -2.52. The highest BCUT2D eigenvalue weighted by Gasteiger charge is 2.18. The van der Waals surface area contributed by atoms with Gasteiger partial charge in [-0.3, -0.25) is 9.69 Å². The third-order valence-corrected chi connectivity index (χ3v) is 5.32. The van der Waals surface area contributed by atoms with Crippen LogP contribution in [0, 0.1) is 0 Å². The van der Waals surface area contributed by atoms with Gasteiger partial charge in [-0.15, -0.1) is 11.3 Å². The zero-order chi connectivity index (χ0) is 20.8. The molecule has 0 radical (unpaired) electrons. The monoisotopic (exact) mass is 434 g/mol. The highest BCUT2D eigenvalue weighted by atomic mass is 32.2. The number of rotatable bonds is 7. The number of hydrogen-bond acceptors (Lipinski definition) is 6. The summed E-state index contributed by atoms with van der Waals surface area (Å²) >= 11 is 1.67. The summed E-state index contributed by atoms with van der Waals surface area (Å²) in [6.45, 7) is 1.38. The smallest absolute Gasteiger partial charge is 0.338 e. The van der Waals surface area contributed by atoms with E-state index in [1.165, 1.54) is 47.4 Å². The van der Waals surface area contributed by atoms with E-state index in [2.05, 4.69) is 4.98 Å². The third-order valence-electron chi connectivity index (χ3n) is 3.73. The molecule has 1 aromatic heterocycles. The van der Waals surface area contributed by atoms with Gasteiger partial charge in [0.15, 0.2) is 5.13 Å². The van der Waals surface area contributed by atoms with Crippen LogP contribution in [0.4, 0.5) is 19.6 Å². The van der Waals surface area contributed by atoms with E-state index < -0.39 is 11.7 Å². The van der Waals surface area contributed by atoms with Gasteiger partial charge < -0.3 is 4.74 Å². The molecule has 0 fully saturated rings. The number of anilines is 2. The van der Waals surface area contributed by atoms with Crippen LogP contribution in [0.1, 0.15) is 23.0 Å². The minimum Gasteiger partial charge on any atom is -0.456 e. The van der Waals surface area contributed by atoms with E-state index >= 15 is 0 Å². The average molecular weight is 434 g/mol. The van der Waals surface area contributed by atoms with E-state index in [9.17, 15) is 18.4 Å². The van der Waals surface area contributed by atoms with Crippen LogP contribution >= 0.6 is 23.1 Å². The van der Waals surface area contributed by atoms with Crippen molar-refractivity contribution in [1.82, 2.24) is 4.98 Å². The topological polar surface area (TPSA) is 59.5 Å². The molecule has 0 bridgehead atoms. The van der Waals surface area contributed by atoms with Gasteiger partial charge in [0.1, 0.15) is 6.61 Å². The summed E-state index contributed by atoms with van der Waals surface area (Å²) in [5.74, 6) is -3.28. The normalized spacial score (nSPS) is 10.8. The fraction of sp³-hybridized carbons (Fsp3) is 0.150. The van der Waals surface area contributed by atoms with Crippen molar-refractivity contribution in [2.24, 2.45) is 0 Å². The van der Waals surface area contributed by atoms with E-state index in [1.807, 2.05) is 18.2 Å². The van der Waals surface area contributed by atoms with E-state index in [-0.39, 0.29) is 18.1 Å². The molecule has 0 atom stereocenters. The van der Waals surface area contributed by atoms with Crippen molar-refractivity contribution < 1.29 is 23.1 Å². The number of ether oxygens (including phenoxy) is 1. The highest BCUT2D eigenvalue weighted by Crippen LogP contribution is 2.29. The van der Waals surface area contributed by atoms with Crippen LogP contribution in [0.2, 0.25) is 0 Å². The molecule has 9 heteroatoms. The Labute approximate surface area is 174 Å². The number of esters is 1. The number of thioether (sulfide) groups is 1. The van der Waals surface area contributed by atoms with E-state index in [0.29, 0.717) is 33.2 Å². The molecule has 2 aromatic carbocycles. The first-order valence-corrected chi connectivity index (χ1v) is 10.2. The summed E-state index contributed by atoms with van der Waals surface area (Å²) in [5.41, 5.74) is 1.46. The molecule has 0 aliphatic carbocycles. The first kappa shape index (κ1) is 20.9. The number of benzene rings is 2. The molecule has 0 unspecified atom stereocenters. The maximum atomic E-state index is 12.3. The number of carbonyl (C=O) groups is 2. The van der Waals surface area contributed by atoms with Gasteiger partial charge in [-0.2, -0.15) is 8.78 Å². The number of nitrogens with zero attached hydrogens (tertiary/aromatic N) is 2. The summed E-state index contributed by atoms with van der Waals surface area (Å²) < 4.78 is 29.9. The lowest BCUT2D eigenvalue weighted by Crippen LogP contribution is -2.22. The number of amides is 1. The Kier molecular flexibility index (Phi) is 6.95. The summed E-state index contributed by atoms with van der Waals surface area (Å²) in [4.78, 5) is 30.4. The second kappa shape index (κ2) is 9.62. The van der Waals surface area contributed by atoms with Crippen LogP contribution in [0.3, 0.4) is 0 Å². The Morgan fingerprint density at radius 1 is 1.14 bits per heavy atom. The van der Waals surface area contributed by atoms with Gasteiger partial charge in [0, 0.05) is 17.2 Å². The van der Waals surface area contributed by atoms with Crippen molar-refractivity contribution in [3.63, 3.8) is 0 Å². The van der Waals surface area contributed by atoms with E-state index in [1.54, 1.807) is 17.5 Å². The fourth-order valence-electron chi connectivity index (χ4n) is 2.46. The first-order valence-electron chi connectivity index (χ1n) is 8.46. The van der Waals surface area contributed by atoms with Crippen LogP contribution < -0.4 is 4.90 Å². The zero-order valence-electron chi connectivity index (χ0n) is 15.2. The maximum Gasteiger partial charge on any atom is 0.338 e. The highest BCUT2D eigenvalue weighted by molar-refractivity contribution is 7.99. The largest absolute Gasteiger partial charge is 0.456 e. The molecular formula is C20H16F2N2O3S2. The predicted molar refractivity (Wildman–Crippen MR) is 109 cm³/mol. The van der Waals surface area contributed by atoms with Gasteiger partial charge in [-0.05, 0) is 36.4 Å². The molecule has 29 heavy (non-hydrogen) atoms. The van der Waals surface area contributed by atoms with Crippen molar-refractivity contribution in [3.05, 3.63) is 71.2 Å². The molecule has 0 saturated carbocycles. The van der Waals surface area contributed by atoms with Crippen LogP contribution in [0.15, 0.2) is 64.9 Å². The molecular weight excluding hydrogens is 418 g/mol. The molecule has 1 heterocycles. The summed E-state index contributed by atoms with van der Waals surface area (Å²) in [5, 5.41) is 2.19. The number of alkyl halides is 2. The lowest BCUT2D eigenvalue weighted by molar-refractivity contribution is -0.115. The Balaban J connectivity index is 1.64. The van der Waals surface area contributed by atoms with Crippen molar-refractivity contribution in [2.75, 3.05) is 4.90 Å². The quantitative estimate of drug-likeness (QED) is 0.363. The molecule has 5 nitrogen and oxygen atoms in total. The predicted octanol–water partition coefficient (Wildman–Crippen LogP) is 5.50. The SMILES string of the molecule is CC(=O)N(c1ccccc1)c1nc(COC(=O)c2ccc(SC(F)F)cc2)cs1. The van der Waals surface area contributed by atoms with Crippen LogP contribution in [-0.4, -0.2) is 22.6 Å². The van der Waals surface area contributed by atoms with Gasteiger partial charge in [-0.25, -0.2) is 9.78 Å². The average Bonchev–Trinajstić information content (AvgIpc) is 3.15. The summed E-state index contributed by atoms with van der Waals surface area (Å²) in [6.07, 6.45) is 0. The zero-order valence-corrected chi connectivity index (χ0v) is 16.9. The second-order valence-electron chi connectivity index (χ2n) is 5.79. The maximum absolute atomic E-state index is 12.3. The van der Waals surface area contributed by atoms with Crippen LogP contribution in [-0.2, 0) is 16.1 Å². The van der Waals surface area contributed by atoms with Crippen molar-refractivity contribution in [1.29, 1.82) is 0 Å². The number of halogens is 2. The van der Waals surface area contributed by atoms with E-state index in [0.717, 1.165) is 0 Å². The summed E-state index contributed by atoms with van der Waals surface area (Å²) in [7, 11) is 0. The lowest BCUT2D eigenvalue weighted by atomic mass is 10.2. The number of carbonyl (C=O) groups excluding carboxylic acids is 2. The second-order valence-corrected chi connectivity index (χ2v) is 7.69. The third kappa shape index (κ3) is 5.61. The fourth-order valence-corrected chi connectivity index (χ4v) is 3.84. The lowest BCUT2D eigenvalue weighted by Gasteiger charge is -2.17. The van der Waals surface area contributed by atoms with Gasteiger partial charge in [0.2, 0.25) is 5.91 Å². The molecule has 0 aliphatic rings. The molecule has 1 amide bonds. The molecule has 0 saturated heterocycles. The number of hydrogen-bond donors (Lipinski definition) is 0. The molecule has 0 spiro atoms. The number of aromatic nitrogens is 1. The summed E-state index contributed by atoms with van der Waals surface area (Å²) in [6, 6.07) is 14.9. The number of para-hydroxylation sites is 1. The van der Waals surface area contributed by atoms with Crippen molar-refractivity contribution in [3.8, 4) is 0 Å². The molecule has 0 aliphatic heterocycles. The number of thiazole rings is 1. The van der Waals surface area contributed by atoms with E-state index in [4.69, 9.17) is 4.74 Å². The Bertz CT molecular complexity index is 979. The Hall–Kier alpha value is -2.78. The minimum absolute atomic E-state index is 0.0661. The van der Waals surface area contributed by atoms with Gasteiger partial charge in [0.25, 0.3) is 5.76 Å². The van der Waals surface area contributed by atoms with Gasteiger partial charge in [0.05, 0.1) is 16.9 Å². The van der Waals surface area contributed by atoms with Gasteiger partial charge >= 0.3 is 5.97 Å². The van der Waals surface area contributed by atoms with Gasteiger partial charge in [-0.1, -0.05) is 30.0 Å².